The predicted octanol–water partition coefficient (Wildman–Crippen LogP) is 2.08. The van der Waals surface area contributed by atoms with Crippen LogP contribution in [0.2, 0.25) is 0 Å². The molecule has 2 aliphatic heterocycles. The molecule has 0 N–H and O–H groups in total. The summed E-state index contributed by atoms with van der Waals surface area (Å²) in [4.78, 5) is 2.02. The summed E-state index contributed by atoms with van der Waals surface area (Å²) >= 11 is 6.94. The Morgan fingerprint density at radius 2 is 2.06 bits per heavy atom. The Hall–Kier alpha value is -0.590. The highest BCUT2D eigenvalue weighted by atomic mass is 32.2. The van der Waals surface area contributed by atoms with Gasteiger partial charge in [-0.3, -0.25) is 0 Å². The number of nitrogens with zero attached hydrogens (tertiary/aromatic N) is 1. The zero-order chi connectivity index (χ0) is 13.0. The van der Waals surface area contributed by atoms with Crippen LogP contribution >= 0.6 is 24.0 Å². The largest absolute Gasteiger partial charge is 0.319 e. The minimum absolute atomic E-state index is 0.0511. The average molecular weight is 299 g/mol. The molecule has 0 bridgehead atoms. The maximum atomic E-state index is 11.8. The van der Waals surface area contributed by atoms with Gasteiger partial charge in [0.1, 0.15) is 4.32 Å². The molecule has 2 fully saturated rings. The van der Waals surface area contributed by atoms with E-state index in [1.807, 2.05) is 42.2 Å². The standard InChI is InChI=1S/C12H13NO2S3/c1-12-8-18(14,15)7-10(12)17-11(16)13(12)9-5-3-2-4-6-9/h2-6,10H,7-8H2,1H3/t10-,12+/m0/s1. The van der Waals surface area contributed by atoms with Gasteiger partial charge in [-0.05, 0) is 19.1 Å². The summed E-state index contributed by atoms with van der Waals surface area (Å²) < 4.78 is 24.5. The van der Waals surface area contributed by atoms with Crippen LogP contribution in [-0.2, 0) is 9.84 Å². The van der Waals surface area contributed by atoms with Crippen molar-refractivity contribution in [2.45, 2.75) is 17.7 Å². The van der Waals surface area contributed by atoms with Crippen molar-refractivity contribution in [3.63, 3.8) is 0 Å². The number of para-hydroxylation sites is 1. The van der Waals surface area contributed by atoms with Crippen LogP contribution in [0.5, 0.6) is 0 Å². The normalized spacial score (nSPS) is 33.7. The Labute approximate surface area is 116 Å². The maximum Gasteiger partial charge on any atom is 0.153 e. The fraction of sp³-hybridized carbons (Fsp3) is 0.417. The van der Waals surface area contributed by atoms with Crippen molar-refractivity contribution in [3.05, 3.63) is 30.3 Å². The molecule has 1 aromatic carbocycles. The summed E-state index contributed by atoms with van der Waals surface area (Å²) in [6.45, 7) is 2.00. The fourth-order valence-corrected chi connectivity index (χ4v) is 7.66. The van der Waals surface area contributed by atoms with E-state index in [1.165, 1.54) is 11.8 Å². The molecule has 3 nitrogen and oxygen atoms in total. The monoisotopic (exact) mass is 299 g/mol. The molecule has 0 saturated carbocycles. The SMILES string of the molecule is C[C@@]12CS(=O)(=O)C[C@@H]1SC(=S)N2c1ccccc1. The predicted molar refractivity (Wildman–Crippen MR) is 80.0 cm³/mol. The Morgan fingerprint density at radius 1 is 1.39 bits per heavy atom. The molecule has 2 atom stereocenters. The van der Waals surface area contributed by atoms with Crippen LogP contribution in [0.25, 0.3) is 0 Å². The van der Waals surface area contributed by atoms with E-state index in [2.05, 4.69) is 0 Å². The average Bonchev–Trinajstić information content (AvgIpc) is 2.62. The van der Waals surface area contributed by atoms with Crippen LogP contribution < -0.4 is 4.90 Å². The van der Waals surface area contributed by atoms with Crippen molar-refractivity contribution in [1.82, 2.24) is 0 Å². The highest BCUT2D eigenvalue weighted by Crippen LogP contribution is 2.47. The van der Waals surface area contributed by atoms with Crippen molar-refractivity contribution < 1.29 is 8.42 Å². The minimum Gasteiger partial charge on any atom is -0.319 e. The van der Waals surface area contributed by atoms with Gasteiger partial charge in [0.05, 0.1) is 22.3 Å². The summed E-state index contributed by atoms with van der Waals surface area (Å²) in [6.07, 6.45) is 0. The number of anilines is 1. The number of hydrogen-bond donors (Lipinski definition) is 0. The molecule has 0 unspecified atom stereocenters. The number of benzene rings is 1. The Kier molecular flexibility index (Phi) is 2.73. The molecule has 0 spiro atoms. The minimum atomic E-state index is -2.95. The van der Waals surface area contributed by atoms with Crippen LogP contribution in [0.15, 0.2) is 30.3 Å². The third kappa shape index (κ3) is 1.78. The Balaban J connectivity index is 2.07. The number of thioether (sulfide) groups is 1. The summed E-state index contributed by atoms with van der Waals surface area (Å²) in [6, 6.07) is 9.79. The van der Waals surface area contributed by atoms with E-state index in [-0.39, 0.29) is 16.8 Å². The van der Waals surface area contributed by atoms with Gasteiger partial charge < -0.3 is 4.90 Å². The second kappa shape index (κ2) is 3.95. The van der Waals surface area contributed by atoms with Crippen LogP contribution in [0.1, 0.15) is 6.92 Å². The van der Waals surface area contributed by atoms with Crippen LogP contribution in [-0.4, -0.2) is 35.0 Å². The molecule has 0 aromatic heterocycles. The van der Waals surface area contributed by atoms with Crippen molar-refractivity contribution in [3.8, 4) is 0 Å². The van der Waals surface area contributed by atoms with Crippen molar-refractivity contribution in [1.29, 1.82) is 0 Å². The number of sulfone groups is 1. The van der Waals surface area contributed by atoms with E-state index in [1.54, 1.807) is 0 Å². The Bertz CT molecular complexity index is 599. The van der Waals surface area contributed by atoms with Gasteiger partial charge in [0, 0.05) is 5.69 Å². The molecule has 96 valence electrons. The highest BCUT2D eigenvalue weighted by Gasteiger charge is 2.57. The molecule has 2 saturated heterocycles. The van der Waals surface area contributed by atoms with E-state index in [0.717, 1.165) is 10.0 Å². The number of hydrogen-bond acceptors (Lipinski definition) is 4. The van der Waals surface area contributed by atoms with Gasteiger partial charge in [-0.1, -0.05) is 42.2 Å². The van der Waals surface area contributed by atoms with Crippen LogP contribution in [0.3, 0.4) is 0 Å². The second-order valence-electron chi connectivity index (χ2n) is 4.96. The first-order valence-electron chi connectivity index (χ1n) is 5.69. The van der Waals surface area contributed by atoms with Gasteiger partial charge in [0.2, 0.25) is 0 Å². The first-order valence-corrected chi connectivity index (χ1v) is 8.80. The molecule has 0 amide bonds. The fourth-order valence-electron chi connectivity index (χ4n) is 2.74. The summed E-state index contributed by atoms with van der Waals surface area (Å²) in [5.74, 6) is 0.421. The quantitative estimate of drug-likeness (QED) is 0.742. The first-order chi connectivity index (χ1) is 8.42. The number of thiocarbonyl (C=S) groups is 1. The van der Waals surface area contributed by atoms with Gasteiger partial charge in [-0.15, -0.1) is 0 Å². The van der Waals surface area contributed by atoms with Gasteiger partial charge in [0.25, 0.3) is 0 Å². The summed E-state index contributed by atoms with van der Waals surface area (Å²) in [5, 5.41) is 0.0511. The molecule has 0 aliphatic carbocycles. The molecule has 3 rings (SSSR count). The van der Waals surface area contributed by atoms with Crippen molar-refractivity contribution >= 4 is 43.8 Å². The van der Waals surface area contributed by atoms with Crippen LogP contribution in [0, 0.1) is 0 Å². The van der Waals surface area contributed by atoms with Gasteiger partial charge >= 0.3 is 0 Å². The van der Waals surface area contributed by atoms with Crippen molar-refractivity contribution in [2.24, 2.45) is 0 Å². The van der Waals surface area contributed by atoms with E-state index < -0.39 is 15.4 Å². The molecular formula is C12H13NO2S3. The zero-order valence-electron chi connectivity index (χ0n) is 9.87. The highest BCUT2D eigenvalue weighted by molar-refractivity contribution is 8.24. The molecule has 2 aliphatic rings. The van der Waals surface area contributed by atoms with E-state index in [0.29, 0.717) is 0 Å². The van der Waals surface area contributed by atoms with E-state index in [9.17, 15) is 8.42 Å². The number of fused-ring (bicyclic) bond motifs is 1. The molecule has 1 aromatic rings. The lowest BCUT2D eigenvalue weighted by molar-refractivity contribution is 0.550. The lowest BCUT2D eigenvalue weighted by atomic mass is 9.99. The zero-order valence-corrected chi connectivity index (χ0v) is 12.3. The molecule has 2 heterocycles. The van der Waals surface area contributed by atoms with Crippen LogP contribution in [0.4, 0.5) is 5.69 Å². The smallest absolute Gasteiger partial charge is 0.153 e. The lowest BCUT2D eigenvalue weighted by Gasteiger charge is -2.34. The third-order valence-corrected chi connectivity index (χ3v) is 7.45. The third-order valence-electron chi connectivity index (χ3n) is 3.56. The molecule has 6 heteroatoms. The van der Waals surface area contributed by atoms with Crippen molar-refractivity contribution in [2.75, 3.05) is 16.4 Å². The second-order valence-corrected chi connectivity index (χ2v) is 8.90. The first kappa shape index (κ1) is 12.4. The van der Waals surface area contributed by atoms with E-state index in [4.69, 9.17) is 12.2 Å². The molecule has 18 heavy (non-hydrogen) atoms. The van der Waals surface area contributed by atoms with Gasteiger partial charge in [-0.25, -0.2) is 8.42 Å². The molecule has 0 radical (unpaired) electrons. The topological polar surface area (TPSA) is 37.4 Å². The summed E-state index contributed by atoms with van der Waals surface area (Å²) in [7, 11) is -2.95. The van der Waals surface area contributed by atoms with Gasteiger partial charge in [0.15, 0.2) is 9.84 Å². The lowest BCUT2D eigenvalue weighted by Crippen LogP contribution is -2.49. The summed E-state index contributed by atoms with van der Waals surface area (Å²) in [5.41, 5.74) is 0.583. The molecular weight excluding hydrogens is 286 g/mol. The van der Waals surface area contributed by atoms with Gasteiger partial charge in [-0.2, -0.15) is 0 Å². The Morgan fingerprint density at radius 3 is 2.72 bits per heavy atom. The maximum absolute atomic E-state index is 11.8. The number of rotatable bonds is 1. The van der Waals surface area contributed by atoms with E-state index >= 15 is 0 Å².